The van der Waals surface area contributed by atoms with Gasteiger partial charge in [0.15, 0.2) is 5.96 Å². The first-order valence-electron chi connectivity index (χ1n) is 9.14. The summed E-state index contributed by atoms with van der Waals surface area (Å²) in [6.07, 6.45) is 5.17. The molecule has 23 heavy (non-hydrogen) atoms. The molecule has 1 aliphatic heterocycles. The third-order valence-corrected chi connectivity index (χ3v) is 4.26. The van der Waals surface area contributed by atoms with Gasteiger partial charge < -0.3 is 10.6 Å². The van der Waals surface area contributed by atoms with E-state index in [0.717, 1.165) is 38.6 Å². The van der Waals surface area contributed by atoms with Crippen molar-refractivity contribution in [2.75, 3.05) is 26.2 Å². The second-order valence-electron chi connectivity index (χ2n) is 6.23. The number of likely N-dealkylation sites (tertiary alicyclic amines) is 1. The normalized spacial score (nSPS) is 16.3. The van der Waals surface area contributed by atoms with E-state index in [1.807, 2.05) is 0 Å². The van der Waals surface area contributed by atoms with Gasteiger partial charge in [-0.15, -0.1) is 0 Å². The van der Waals surface area contributed by atoms with Crippen LogP contribution in [0, 0.1) is 0 Å². The van der Waals surface area contributed by atoms with Gasteiger partial charge in [-0.1, -0.05) is 37.6 Å². The molecule has 0 aromatic heterocycles. The number of hydrogen-bond donors (Lipinski definition) is 2. The van der Waals surface area contributed by atoms with E-state index in [-0.39, 0.29) is 0 Å². The summed E-state index contributed by atoms with van der Waals surface area (Å²) >= 11 is 0. The summed E-state index contributed by atoms with van der Waals surface area (Å²) in [6.45, 7) is 10.4. The number of nitrogens with zero attached hydrogens (tertiary/aromatic N) is 2. The van der Waals surface area contributed by atoms with Crippen molar-refractivity contribution in [3.8, 4) is 0 Å². The van der Waals surface area contributed by atoms with Gasteiger partial charge in [0.05, 0.1) is 6.54 Å². The molecule has 0 unspecified atom stereocenters. The third-order valence-electron chi connectivity index (χ3n) is 4.26. The van der Waals surface area contributed by atoms with Gasteiger partial charge in [0.2, 0.25) is 0 Å². The second kappa shape index (κ2) is 10.3. The van der Waals surface area contributed by atoms with Gasteiger partial charge in [0.1, 0.15) is 0 Å². The van der Waals surface area contributed by atoms with Crippen LogP contribution in [0.5, 0.6) is 0 Å². The van der Waals surface area contributed by atoms with Crippen molar-refractivity contribution in [1.29, 1.82) is 0 Å². The van der Waals surface area contributed by atoms with Crippen LogP contribution >= 0.6 is 0 Å². The van der Waals surface area contributed by atoms with Gasteiger partial charge in [-0.05, 0) is 50.4 Å². The van der Waals surface area contributed by atoms with Gasteiger partial charge in [-0.25, -0.2) is 4.99 Å². The van der Waals surface area contributed by atoms with Crippen LogP contribution in [-0.2, 0) is 13.1 Å². The van der Waals surface area contributed by atoms with Crippen LogP contribution in [0.3, 0.4) is 0 Å². The van der Waals surface area contributed by atoms with E-state index in [2.05, 4.69) is 53.6 Å². The second-order valence-corrected chi connectivity index (χ2v) is 6.23. The van der Waals surface area contributed by atoms with Crippen molar-refractivity contribution in [3.63, 3.8) is 0 Å². The van der Waals surface area contributed by atoms with E-state index < -0.39 is 0 Å². The molecule has 1 saturated heterocycles. The Labute approximate surface area is 141 Å². The Morgan fingerprint density at radius 1 is 1.04 bits per heavy atom. The minimum absolute atomic E-state index is 0.739. The average Bonchev–Trinajstić information content (AvgIpc) is 2.59. The Balaban J connectivity index is 2.00. The SMILES string of the molecule is CCCNC(=NCc1ccccc1CN1CCCCC1)NCC. The van der Waals surface area contributed by atoms with Crippen LogP contribution in [0.25, 0.3) is 0 Å². The average molecular weight is 316 g/mol. The molecule has 1 aromatic carbocycles. The molecule has 0 bridgehead atoms. The summed E-state index contributed by atoms with van der Waals surface area (Å²) in [5.74, 6) is 0.919. The van der Waals surface area contributed by atoms with Gasteiger partial charge in [0.25, 0.3) is 0 Å². The summed E-state index contributed by atoms with van der Waals surface area (Å²) < 4.78 is 0. The number of guanidine groups is 1. The lowest BCUT2D eigenvalue weighted by Crippen LogP contribution is -2.37. The number of nitrogens with one attached hydrogen (secondary N) is 2. The van der Waals surface area contributed by atoms with E-state index in [1.165, 1.54) is 43.5 Å². The van der Waals surface area contributed by atoms with Crippen LogP contribution < -0.4 is 10.6 Å². The fourth-order valence-corrected chi connectivity index (χ4v) is 2.97. The predicted molar refractivity (Wildman–Crippen MR) is 98.7 cm³/mol. The first-order chi connectivity index (χ1) is 11.3. The van der Waals surface area contributed by atoms with Crippen LogP contribution in [0.15, 0.2) is 29.3 Å². The Morgan fingerprint density at radius 3 is 2.48 bits per heavy atom. The Kier molecular flexibility index (Phi) is 7.95. The molecule has 1 aromatic rings. The highest BCUT2D eigenvalue weighted by Gasteiger charge is 2.12. The van der Waals surface area contributed by atoms with Gasteiger partial charge in [-0.2, -0.15) is 0 Å². The smallest absolute Gasteiger partial charge is 0.191 e. The quantitative estimate of drug-likeness (QED) is 0.600. The zero-order valence-electron chi connectivity index (χ0n) is 14.8. The predicted octanol–water partition coefficient (Wildman–Crippen LogP) is 3.14. The van der Waals surface area contributed by atoms with Crippen LogP contribution in [-0.4, -0.2) is 37.0 Å². The molecule has 0 atom stereocenters. The first kappa shape index (κ1) is 17.8. The van der Waals surface area contributed by atoms with Gasteiger partial charge >= 0.3 is 0 Å². The highest BCUT2D eigenvalue weighted by molar-refractivity contribution is 5.79. The lowest BCUT2D eigenvalue weighted by atomic mass is 10.1. The molecule has 2 rings (SSSR count). The standard InChI is InChI=1S/C19H32N4/c1-3-12-21-19(20-4-2)22-15-17-10-6-7-11-18(17)16-23-13-8-5-9-14-23/h6-7,10-11H,3-5,8-9,12-16H2,1-2H3,(H2,20,21,22). The number of benzene rings is 1. The Hall–Kier alpha value is -1.55. The Bertz CT molecular complexity index is 478. The van der Waals surface area contributed by atoms with Crippen molar-refractivity contribution >= 4 is 5.96 Å². The molecule has 4 nitrogen and oxygen atoms in total. The van der Waals surface area contributed by atoms with Crippen LogP contribution in [0.1, 0.15) is 50.7 Å². The zero-order valence-corrected chi connectivity index (χ0v) is 14.8. The van der Waals surface area contributed by atoms with Gasteiger partial charge in [-0.3, -0.25) is 4.90 Å². The molecule has 0 amide bonds. The van der Waals surface area contributed by atoms with E-state index in [4.69, 9.17) is 4.99 Å². The summed E-state index contributed by atoms with van der Waals surface area (Å²) in [4.78, 5) is 7.33. The minimum Gasteiger partial charge on any atom is -0.357 e. The summed E-state index contributed by atoms with van der Waals surface area (Å²) in [5, 5.41) is 6.69. The number of hydrogen-bond acceptors (Lipinski definition) is 2. The lowest BCUT2D eigenvalue weighted by Gasteiger charge is -2.27. The zero-order chi connectivity index (χ0) is 16.3. The maximum atomic E-state index is 4.75. The fraction of sp³-hybridized carbons (Fsp3) is 0.632. The van der Waals surface area contributed by atoms with Crippen molar-refractivity contribution in [3.05, 3.63) is 35.4 Å². The van der Waals surface area contributed by atoms with Crippen molar-refractivity contribution < 1.29 is 0 Å². The minimum atomic E-state index is 0.739. The van der Waals surface area contributed by atoms with Crippen molar-refractivity contribution in [2.45, 2.75) is 52.6 Å². The van der Waals surface area contributed by atoms with Crippen LogP contribution in [0.2, 0.25) is 0 Å². The molecular formula is C19H32N4. The van der Waals surface area contributed by atoms with Crippen LogP contribution in [0.4, 0.5) is 0 Å². The molecule has 2 N–H and O–H groups in total. The largest absolute Gasteiger partial charge is 0.357 e. The van der Waals surface area contributed by atoms with Crippen molar-refractivity contribution in [1.82, 2.24) is 15.5 Å². The number of aliphatic imine (C=N–C) groups is 1. The molecule has 4 heteroatoms. The maximum Gasteiger partial charge on any atom is 0.191 e. The summed E-state index contributed by atoms with van der Waals surface area (Å²) in [6, 6.07) is 8.74. The maximum absolute atomic E-state index is 4.75. The summed E-state index contributed by atoms with van der Waals surface area (Å²) in [7, 11) is 0. The van der Waals surface area contributed by atoms with E-state index in [1.54, 1.807) is 0 Å². The first-order valence-corrected chi connectivity index (χ1v) is 9.14. The van der Waals surface area contributed by atoms with Crippen molar-refractivity contribution in [2.24, 2.45) is 4.99 Å². The third kappa shape index (κ3) is 6.22. The summed E-state index contributed by atoms with van der Waals surface area (Å²) in [5.41, 5.74) is 2.76. The molecular weight excluding hydrogens is 284 g/mol. The van der Waals surface area contributed by atoms with Gasteiger partial charge in [0, 0.05) is 19.6 Å². The van der Waals surface area contributed by atoms with E-state index >= 15 is 0 Å². The molecule has 0 spiro atoms. The molecule has 1 fully saturated rings. The molecule has 0 radical (unpaired) electrons. The highest BCUT2D eigenvalue weighted by Crippen LogP contribution is 2.16. The molecule has 0 saturated carbocycles. The molecule has 1 heterocycles. The molecule has 1 aliphatic rings. The topological polar surface area (TPSA) is 39.7 Å². The monoisotopic (exact) mass is 316 g/mol. The fourth-order valence-electron chi connectivity index (χ4n) is 2.97. The Morgan fingerprint density at radius 2 is 1.78 bits per heavy atom. The molecule has 0 aliphatic carbocycles. The number of piperidine rings is 1. The van der Waals surface area contributed by atoms with E-state index in [0.29, 0.717) is 0 Å². The number of rotatable bonds is 7. The highest BCUT2D eigenvalue weighted by atomic mass is 15.2. The molecule has 128 valence electrons. The lowest BCUT2D eigenvalue weighted by molar-refractivity contribution is 0.220. The van der Waals surface area contributed by atoms with E-state index in [9.17, 15) is 0 Å².